The summed E-state index contributed by atoms with van der Waals surface area (Å²) in [5.74, 6) is 0.293. The number of rotatable bonds is 5. The van der Waals surface area contributed by atoms with Crippen LogP contribution in [0.25, 0.3) is 5.69 Å². The van der Waals surface area contributed by atoms with Crippen LogP contribution in [0, 0.1) is 0 Å². The number of nitrogens with zero attached hydrogens (tertiary/aromatic N) is 3. The third-order valence-electron chi connectivity index (χ3n) is 3.95. The number of aromatic hydroxyl groups is 1. The second-order valence-electron chi connectivity index (χ2n) is 5.64. The maximum absolute atomic E-state index is 9.59. The maximum atomic E-state index is 9.59. The molecule has 1 heterocycles. The van der Waals surface area contributed by atoms with Crippen molar-refractivity contribution in [3.05, 3.63) is 72.1 Å². The van der Waals surface area contributed by atoms with E-state index in [1.165, 1.54) is 5.56 Å². The van der Waals surface area contributed by atoms with Gasteiger partial charge in [0, 0.05) is 12.1 Å². The molecule has 0 aliphatic rings. The molecular formula is C18H20N4O. The van der Waals surface area contributed by atoms with Gasteiger partial charge in [0.25, 0.3) is 0 Å². The van der Waals surface area contributed by atoms with Gasteiger partial charge in [-0.15, -0.1) is 5.10 Å². The number of phenols is 1. The predicted molar refractivity (Wildman–Crippen MR) is 89.4 cm³/mol. The average molecular weight is 308 g/mol. The van der Waals surface area contributed by atoms with Crippen LogP contribution in [-0.4, -0.2) is 20.1 Å². The molecule has 118 valence electrons. The Balaban J connectivity index is 1.69. The first-order valence-corrected chi connectivity index (χ1v) is 7.65. The van der Waals surface area contributed by atoms with Gasteiger partial charge in [-0.3, -0.25) is 0 Å². The van der Waals surface area contributed by atoms with Crippen molar-refractivity contribution < 1.29 is 5.11 Å². The molecule has 2 N–H and O–H groups in total. The summed E-state index contributed by atoms with van der Waals surface area (Å²) >= 11 is 0. The Bertz CT molecular complexity index is 753. The van der Waals surface area contributed by atoms with Gasteiger partial charge in [-0.25, -0.2) is 4.68 Å². The predicted octanol–water partition coefficient (Wildman–Crippen LogP) is 3.38. The summed E-state index contributed by atoms with van der Waals surface area (Å²) in [6, 6.07) is 15.9. The van der Waals surface area contributed by atoms with Crippen LogP contribution in [0.5, 0.6) is 5.75 Å². The molecular weight excluding hydrogens is 288 g/mol. The quantitative estimate of drug-likeness (QED) is 0.758. The van der Waals surface area contributed by atoms with E-state index in [1.807, 2.05) is 30.5 Å². The highest BCUT2D eigenvalue weighted by molar-refractivity contribution is 5.35. The lowest BCUT2D eigenvalue weighted by Crippen LogP contribution is -2.22. The van der Waals surface area contributed by atoms with E-state index in [2.05, 4.69) is 41.6 Å². The van der Waals surface area contributed by atoms with Crippen molar-refractivity contribution in [1.82, 2.24) is 20.3 Å². The van der Waals surface area contributed by atoms with Gasteiger partial charge in [0.05, 0.1) is 18.1 Å². The van der Waals surface area contributed by atoms with Crippen molar-refractivity contribution >= 4 is 0 Å². The Morgan fingerprint density at radius 2 is 1.74 bits per heavy atom. The van der Waals surface area contributed by atoms with Gasteiger partial charge in [-0.1, -0.05) is 29.5 Å². The number of benzene rings is 2. The second-order valence-corrected chi connectivity index (χ2v) is 5.64. The first-order valence-electron chi connectivity index (χ1n) is 7.65. The molecule has 0 amide bonds. The lowest BCUT2D eigenvalue weighted by atomic mass is 10.0. The number of nitrogens with one attached hydrogen (secondary N) is 1. The van der Waals surface area contributed by atoms with Crippen molar-refractivity contribution in [1.29, 1.82) is 0 Å². The van der Waals surface area contributed by atoms with Gasteiger partial charge in [0.1, 0.15) is 5.75 Å². The van der Waals surface area contributed by atoms with E-state index in [1.54, 1.807) is 23.0 Å². The SMILES string of the molecule is C[C@H](N[C@@H](C)c1cccc(O)c1)c1ccc(-n2ccnn2)cc1. The van der Waals surface area contributed by atoms with Crippen LogP contribution in [0.3, 0.4) is 0 Å². The molecule has 2 atom stereocenters. The van der Waals surface area contributed by atoms with Crippen molar-refractivity contribution in [2.45, 2.75) is 25.9 Å². The Labute approximate surface area is 135 Å². The molecule has 0 saturated heterocycles. The van der Waals surface area contributed by atoms with E-state index in [0.29, 0.717) is 5.75 Å². The van der Waals surface area contributed by atoms with E-state index >= 15 is 0 Å². The fraction of sp³-hybridized carbons (Fsp3) is 0.222. The summed E-state index contributed by atoms with van der Waals surface area (Å²) in [5, 5.41) is 20.9. The highest BCUT2D eigenvalue weighted by atomic mass is 16.3. The first kappa shape index (κ1) is 15.2. The molecule has 5 nitrogen and oxygen atoms in total. The molecule has 3 aromatic rings. The summed E-state index contributed by atoms with van der Waals surface area (Å²) in [6.45, 7) is 4.22. The van der Waals surface area contributed by atoms with Gasteiger partial charge < -0.3 is 10.4 Å². The lowest BCUT2D eigenvalue weighted by molar-refractivity contribution is 0.466. The van der Waals surface area contributed by atoms with E-state index in [4.69, 9.17) is 0 Å². The third kappa shape index (κ3) is 3.57. The van der Waals surface area contributed by atoms with Crippen LogP contribution in [0.1, 0.15) is 37.1 Å². The Hall–Kier alpha value is -2.66. The Kier molecular flexibility index (Phi) is 4.39. The summed E-state index contributed by atoms with van der Waals surface area (Å²) in [5.41, 5.74) is 3.25. The molecule has 23 heavy (non-hydrogen) atoms. The van der Waals surface area contributed by atoms with Gasteiger partial charge in [0.2, 0.25) is 0 Å². The van der Waals surface area contributed by atoms with Gasteiger partial charge in [-0.2, -0.15) is 0 Å². The van der Waals surface area contributed by atoms with Crippen LogP contribution in [0.4, 0.5) is 0 Å². The number of hydrogen-bond donors (Lipinski definition) is 2. The molecule has 0 unspecified atom stereocenters. The van der Waals surface area contributed by atoms with Crippen LogP contribution in [0.15, 0.2) is 60.9 Å². The molecule has 5 heteroatoms. The van der Waals surface area contributed by atoms with Crippen molar-refractivity contribution in [3.63, 3.8) is 0 Å². The average Bonchev–Trinajstić information content (AvgIpc) is 3.09. The van der Waals surface area contributed by atoms with Crippen LogP contribution in [0.2, 0.25) is 0 Å². The standard InChI is InChI=1S/C18H20N4O/c1-13(20-14(2)16-4-3-5-18(23)12-16)15-6-8-17(9-7-15)22-11-10-19-21-22/h3-14,20,23H,1-2H3/t13-,14-/m0/s1. The maximum Gasteiger partial charge on any atom is 0.115 e. The summed E-state index contributed by atoms with van der Waals surface area (Å²) in [6.07, 6.45) is 3.48. The monoisotopic (exact) mass is 308 g/mol. The molecule has 2 aromatic carbocycles. The summed E-state index contributed by atoms with van der Waals surface area (Å²) < 4.78 is 1.73. The minimum Gasteiger partial charge on any atom is -0.508 e. The molecule has 0 fully saturated rings. The fourth-order valence-corrected chi connectivity index (χ4v) is 2.62. The molecule has 0 spiro atoms. The fourth-order valence-electron chi connectivity index (χ4n) is 2.62. The van der Waals surface area contributed by atoms with E-state index in [9.17, 15) is 5.11 Å². The minimum atomic E-state index is 0.145. The Morgan fingerprint density at radius 1 is 1.00 bits per heavy atom. The Morgan fingerprint density at radius 3 is 2.39 bits per heavy atom. The smallest absolute Gasteiger partial charge is 0.115 e. The number of phenolic OH excluding ortho intramolecular Hbond substituents is 1. The zero-order valence-electron chi connectivity index (χ0n) is 13.2. The normalized spacial score (nSPS) is 13.7. The molecule has 0 aliphatic carbocycles. The summed E-state index contributed by atoms with van der Waals surface area (Å²) in [7, 11) is 0. The largest absolute Gasteiger partial charge is 0.508 e. The number of aromatic nitrogens is 3. The molecule has 0 bridgehead atoms. The molecule has 0 radical (unpaired) electrons. The van der Waals surface area contributed by atoms with Crippen LogP contribution in [-0.2, 0) is 0 Å². The minimum absolute atomic E-state index is 0.145. The second kappa shape index (κ2) is 6.62. The molecule has 0 aliphatic heterocycles. The molecule has 3 rings (SSSR count). The van der Waals surface area contributed by atoms with E-state index < -0.39 is 0 Å². The topological polar surface area (TPSA) is 63.0 Å². The lowest BCUT2D eigenvalue weighted by Gasteiger charge is -2.21. The summed E-state index contributed by atoms with van der Waals surface area (Å²) in [4.78, 5) is 0. The van der Waals surface area contributed by atoms with Crippen molar-refractivity contribution in [2.75, 3.05) is 0 Å². The third-order valence-corrected chi connectivity index (χ3v) is 3.95. The van der Waals surface area contributed by atoms with Gasteiger partial charge >= 0.3 is 0 Å². The van der Waals surface area contributed by atoms with E-state index in [0.717, 1.165) is 11.3 Å². The van der Waals surface area contributed by atoms with Gasteiger partial charge in [-0.05, 0) is 49.2 Å². The van der Waals surface area contributed by atoms with Crippen LogP contribution >= 0.6 is 0 Å². The zero-order valence-corrected chi connectivity index (χ0v) is 13.2. The van der Waals surface area contributed by atoms with E-state index in [-0.39, 0.29) is 12.1 Å². The molecule has 1 aromatic heterocycles. The highest BCUT2D eigenvalue weighted by Gasteiger charge is 2.11. The van der Waals surface area contributed by atoms with Gasteiger partial charge in [0.15, 0.2) is 0 Å². The first-order chi connectivity index (χ1) is 11.1. The van der Waals surface area contributed by atoms with Crippen LogP contribution < -0.4 is 5.32 Å². The zero-order chi connectivity index (χ0) is 16.2. The van der Waals surface area contributed by atoms with Crippen molar-refractivity contribution in [3.8, 4) is 11.4 Å². The highest BCUT2D eigenvalue weighted by Crippen LogP contribution is 2.22. The number of hydrogen-bond acceptors (Lipinski definition) is 4. The molecule has 0 saturated carbocycles. The van der Waals surface area contributed by atoms with Crippen molar-refractivity contribution in [2.24, 2.45) is 0 Å².